The largest absolute Gasteiger partial charge is 0.508 e. The number of phenols is 1. The molecule has 1 atom stereocenters. The molecule has 0 aliphatic rings. The number of carbonyl (C=O) groups is 1. The van der Waals surface area contributed by atoms with E-state index in [-0.39, 0.29) is 29.0 Å². The summed E-state index contributed by atoms with van der Waals surface area (Å²) in [4.78, 5) is 16.2. The van der Waals surface area contributed by atoms with Crippen molar-refractivity contribution in [3.8, 4) is 5.75 Å². The van der Waals surface area contributed by atoms with E-state index in [0.29, 0.717) is 12.2 Å². The number of amides is 1. The van der Waals surface area contributed by atoms with Crippen LogP contribution in [0.4, 0.5) is 0 Å². The highest BCUT2D eigenvalue weighted by Crippen LogP contribution is 2.22. The molecule has 1 heterocycles. The summed E-state index contributed by atoms with van der Waals surface area (Å²) in [5.74, 6) is 0.683. The summed E-state index contributed by atoms with van der Waals surface area (Å²) in [6, 6.07) is 6.87. The maximum absolute atomic E-state index is 12.1. The van der Waals surface area contributed by atoms with Gasteiger partial charge < -0.3 is 14.8 Å². The van der Waals surface area contributed by atoms with E-state index < -0.39 is 0 Å². The highest BCUT2D eigenvalue weighted by molar-refractivity contribution is 5.89. The average Bonchev–Trinajstić information content (AvgIpc) is 2.91. The van der Waals surface area contributed by atoms with E-state index in [1.807, 2.05) is 39.8 Å². The number of hydrogen-bond acceptors (Lipinski definition) is 4. The van der Waals surface area contributed by atoms with Crippen molar-refractivity contribution >= 4 is 5.91 Å². The van der Waals surface area contributed by atoms with Crippen molar-refractivity contribution in [2.45, 2.75) is 45.6 Å². The minimum absolute atomic E-state index is 0.0676. The number of oxazole rings is 1. The van der Waals surface area contributed by atoms with Crippen molar-refractivity contribution < 1.29 is 14.3 Å². The third kappa shape index (κ3) is 4.10. The predicted molar refractivity (Wildman–Crippen MR) is 83.9 cm³/mol. The van der Waals surface area contributed by atoms with Crippen LogP contribution in [0.1, 0.15) is 49.7 Å². The van der Waals surface area contributed by atoms with Crippen LogP contribution in [0, 0.1) is 0 Å². The average molecular weight is 302 g/mol. The molecule has 0 unspecified atom stereocenters. The Bertz CT molecular complexity index is 639. The molecule has 0 aliphatic heterocycles. The van der Waals surface area contributed by atoms with E-state index in [4.69, 9.17) is 4.42 Å². The fourth-order valence-corrected chi connectivity index (χ4v) is 2.05. The van der Waals surface area contributed by atoms with Crippen molar-refractivity contribution in [3.05, 3.63) is 47.7 Å². The maximum atomic E-state index is 12.1. The number of hydrogen-bond donors (Lipinski definition) is 2. The van der Waals surface area contributed by atoms with Crippen LogP contribution >= 0.6 is 0 Å². The van der Waals surface area contributed by atoms with Crippen LogP contribution in [0.2, 0.25) is 0 Å². The number of rotatable bonds is 4. The molecule has 0 aliphatic carbocycles. The molecule has 118 valence electrons. The van der Waals surface area contributed by atoms with Gasteiger partial charge in [-0.25, -0.2) is 4.98 Å². The lowest BCUT2D eigenvalue weighted by Gasteiger charge is -2.14. The SMILES string of the molecule is C[C@@H](Cc1ccc(O)cc1)NC(=O)c1ncc(C(C)(C)C)o1. The summed E-state index contributed by atoms with van der Waals surface area (Å²) in [6.07, 6.45) is 2.26. The number of aromatic nitrogens is 1. The zero-order valence-corrected chi connectivity index (χ0v) is 13.4. The summed E-state index contributed by atoms with van der Waals surface area (Å²) < 4.78 is 5.52. The first-order valence-corrected chi connectivity index (χ1v) is 7.31. The van der Waals surface area contributed by atoms with Gasteiger partial charge in [0.05, 0.1) is 6.20 Å². The molecule has 5 nitrogen and oxygen atoms in total. The summed E-state index contributed by atoms with van der Waals surface area (Å²) in [5, 5.41) is 12.1. The first kappa shape index (κ1) is 16.1. The van der Waals surface area contributed by atoms with Crippen LogP contribution in [0.5, 0.6) is 5.75 Å². The van der Waals surface area contributed by atoms with Crippen molar-refractivity contribution in [2.75, 3.05) is 0 Å². The standard InChI is InChI=1S/C17H22N2O3/c1-11(9-12-5-7-13(20)8-6-12)19-15(21)16-18-10-14(22-16)17(2,3)4/h5-8,10-11,20H,9H2,1-4H3,(H,19,21)/t11-/m0/s1. The number of benzene rings is 1. The second-order valence-electron chi connectivity index (χ2n) is 6.52. The molecule has 1 aromatic heterocycles. The van der Waals surface area contributed by atoms with Crippen LogP contribution < -0.4 is 5.32 Å². The van der Waals surface area contributed by atoms with Gasteiger partial charge in [0.25, 0.3) is 5.89 Å². The van der Waals surface area contributed by atoms with Crippen molar-refractivity contribution in [3.63, 3.8) is 0 Å². The van der Waals surface area contributed by atoms with Gasteiger partial charge in [-0.2, -0.15) is 0 Å². The van der Waals surface area contributed by atoms with Crippen LogP contribution in [-0.4, -0.2) is 22.0 Å². The number of phenolic OH excluding ortho intramolecular Hbond substituents is 1. The van der Waals surface area contributed by atoms with Gasteiger partial charge in [0.1, 0.15) is 11.5 Å². The lowest BCUT2D eigenvalue weighted by Crippen LogP contribution is -2.34. The van der Waals surface area contributed by atoms with Crippen LogP contribution in [-0.2, 0) is 11.8 Å². The van der Waals surface area contributed by atoms with Gasteiger partial charge in [0, 0.05) is 11.5 Å². The Morgan fingerprint density at radius 3 is 2.50 bits per heavy atom. The molecule has 0 fully saturated rings. The third-order valence-corrected chi connectivity index (χ3v) is 3.29. The minimum Gasteiger partial charge on any atom is -0.508 e. The van der Waals surface area contributed by atoms with E-state index in [9.17, 15) is 9.90 Å². The maximum Gasteiger partial charge on any atom is 0.307 e. The quantitative estimate of drug-likeness (QED) is 0.910. The molecule has 2 aromatic rings. The molecule has 5 heteroatoms. The summed E-state index contributed by atoms with van der Waals surface area (Å²) in [6.45, 7) is 7.92. The van der Waals surface area contributed by atoms with Crippen LogP contribution in [0.3, 0.4) is 0 Å². The molecule has 1 amide bonds. The molecule has 2 rings (SSSR count). The van der Waals surface area contributed by atoms with Crippen molar-refractivity contribution in [1.82, 2.24) is 10.3 Å². The number of nitrogens with zero attached hydrogens (tertiary/aromatic N) is 1. The Labute approximate surface area is 130 Å². The van der Waals surface area contributed by atoms with Crippen molar-refractivity contribution in [2.24, 2.45) is 0 Å². The normalized spacial score (nSPS) is 12.9. The Kier molecular flexibility index (Phi) is 4.54. The molecule has 2 N–H and O–H groups in total. The summed E-state index contributed by atoms with van der Waals surface area (Å²) in [7, 11) is 0. The second kappa shape index (κ2) is 6.22. The van der Waals surface area contributed by atoms with Gasteiger partial charge in [-0.05, 0) is 31.0 Å². The lowest BCUT2D eigenvalue weighted by molar-refractivity contribution is 0.0901. The summed E-state index contributed by atoms with van der Waals surface area (Å²) in [5.41, 5.74) is 0.858. The van der Waals surface area contributed by atoms with Gasteiger partial charge in [-0.15, -0.1) is 0 Å². The fourth-order valence-electron chi connectivity index (χ4n) is 2.05. The first-order valence-electron chi connectivity index (χ1n) is 7.31. The molecule has 0 bridgehead atoms. The Morgan fingerprint density at radius 2 is 1.95 bits per heavy atom. The Morgan fingerprint density at radius 1 is 1.32 bits per heavy atom. The third-order valence-electron chi connectivity index (χ3n) is 3.29. The smallest absolute Gasteiger partial charge is 0.307 e. The summed E-state index contributed by atoms with van der Waals surface area (Å²) >= 11 is 0. The lowest BCUT2D eigenvalue weighted by atomic mass is 9.94. The molecule has 0 saturated heterocycles. The fraction of sp³-hybridized carbons (Fsp3) is 0.412. The van der Waals surface area contributed by atoms with E-state index in [2.05, 4.69) is 10.3 Å². The second-order valence-corrected chi connectivity index (χ2v) is 6.52. The molecule has 0 saturated carbocycles. The topological polar surface area (TPSA) is 75.4 Å². The Balaban J connectivity index is 1.96. The molecule has 0 spiro atoms. The van der Waals surface area contributed by atoms with Gasteiger partial charge in [0.15, 0.2) is 0 Å². The van der Waals surface area contributed by atoms with Crippen molar-refractivity contribution in [1.29, 1.82) is 0 Å². The predicted octanol–water partition coefficient (Wildman–Crippen LogP) is 3.04. The molecular formula is C17H22N2O3. The zero-order chi connectivity index (χ0) is 16.3. The highest BCUT2D eigenvalue weighted by Gasteiger charge is 2.22. The highest BCUT2D eigenvalue weighted by atomic mass is 16.4. The van der Waals surface area contributed by atoms with Gasteiger partial charge >= 0.3 is 5.91 Å². The van der Waals surface area contributed by atoms with Gasteiger partial charge in [-0.1, -0.05) is 32.9 Å². The monoisotopic (exact) mass is 302 g/mol. The van der Waals surface area contributed by atoms with E-state index >= 15 is 0 Å². The number of carbonyl (C=O) groups excluding carboxylic acids is 1. The zero-order valence-electron chi connectivity index (χ0n) is 13.4. The number of nitrogens with one attached hydrogen (secondary N) is 1. The minimum atomic E-state index is -0.318. The molecular weight excluding hydrogens is 280 g/mol. The van der Waals surface area contributed by atoms with Gasteiger partial charge in [0.2, 0.25) is 0 Å². The molecule has 1 aromatic carbocycles. The molecule has 22 heavy (non-hydrogen) atoms. The van der Waals surface area contributed by atoms with Crippen LogP contribution in [0.15, 0.2) is 34.9 Å². The van der Waals surface area contributed by atoms with Crippen LogP contribution in [0.25, 0.3) is 0 Å². The van der Waals surface area contributed by atoms with Gasteiger partial charge in [-0.3, -0.25) is 4.79 Å². The Hall–Kier alpha value is -2.30. The van der Waals surface area contributed by atoms with E-state index in [0.717, 1.165) is 5.56 Å². The number of aromatic hydroxyl groups is 1. The molecule has 0 radical (unpaired) electrons. The van der Waals surface area contributed by atoms with E-state index in [1.54, 1.807) is 18.3 Å². The van der Waals surface area contributed by atoms with E-state index in [1.165, 1.54) is 0 Å². The first-order chi connectivity index (χ1) is 10.3.